The lowest BCUT2D eigenvalue weighted by molar-refractivity contribution is -0.140. The molecule has 0 unspecified atom stereocenters. The zero-order valence-electron chi connectivity index (χ0n) is 12.9. The predicted molar refractivity (Wildman–Crippen MR) is 77.3 cm³/mol. The van der Waals surface area contributed by atoms with Gasteiger partial charge in [-0.15, -0.1) is 0 Å². The Labute approximate surface area is 146 Å². The highest BCUT2D eigenvalue weighted by Gasteiger charge is 2.35. The summed E-state index contributed by atoms with van der Waals surface area (Å²) in [5, 5.41) is 0. The van der Waals surface area contributed by atoms with Gasteiger partial charge in [0.05, 0.1) is 17.3 Å². The number of hydrogen-bond donors (Lipinski definition) is 0. The normalized spacial score (nSPS) is 12.4. The fourth-order valence-corrected chi connectivity index (χ4v) is 2.31. The standard InChI is InChI=1S/C17H7F8NO/c18-12-3-1-8(5-10(12)16(20,21)22)14-7-26-15(27-14)9-2-4-13(19)11(6-9)17(23,24)25/h1-7H. The number of nitrogens with zero attached hydrogens (tertiary/aromatic N) is 1. The van der Waals surface area contributed by atoms with Crippen LogP contribution in [0.5, 0.6) is 0 Å². The van der Waals surface area contributed by atoms with Crippen LogP contribution < -0.4 is 0 Å². The van der Waals surface area contributed by atoms with E-state index in [9.17, 15) is 35.1 Å². The highest BCUT2D eigenvalue weighted by Crippen LogP contribution is 2.37. The van der Waals surface area contributed by atoms with Gasteiger partial charge in [0, 0.05) is 11.1 Å². The number of hydrogen-bond acceptors (Lipinski definition) is 2. The van der Waals surface area contributed by atoms with Crippen LogP contribution in [0.1, 0.15) is 11.1 Å². The Balaban J connectivity index is 2.02. The van der Waals surface area contributed by atoms with Crippen molar-refractivity contribution in [2.45, 2.75) is 12.4 Å². The average molecular weight is 393 g/mol. The minimum Gasteiger partial charge on any atom is -0.436 e. The molecule has 27 heavy (non-hydrogen) atoms. The molecular formula is C17H7F8NO. The molecule has 0 bridgehead atoms. The summed E-state index contributed by atoms with van der Waals surface area (Å²) < 4.78 is 109. The smallest absolute Gasteiger partial charge is 0.419 e. The lowest BCUT2D eigenvalue weighted by atomic mass is 10.1. The van der Waals surface area contributed by atoms with Crippen LogP contribution in [-0.2, 0) is 12.4 Å². The Morgan fingerprint density at radius 1 is 0.704 bits per heavy atom. The molecule has 0 aliphatic heterocycles. The molecule has 0 fully saturated rings. The molecule has 0 spiro atoms. The Bertz CT molecular complexity index is 909. The van der Waals surface area contributed by atoms with Gasteiger partial charge in [-0.2, -0.15) is 26.3 Å². The van der Waals surface area contributed by atoms with Crippen LogP contribution in [0.25, 0.3) is 22.8 Å². The maximum Gasteiger partial charge on any atom is 0.419 e. The Morgan fingerprint density at radius 3 is 1.70 bits per heavy atom. The molecular weight excluding hydrogens is 386 g/mol. The third kappa shape index (κ3) is 3.79. The van der Waals surface area contributed by atoms with Crippen molar-refractivity contribution in [1.82, 2.24) is 4.98 Å². The van der Waals surface area contributed by atoms with Crippen LogP contribution in [-0.4, -0.2) is 4.98 Å². The minimum atomic E-state index is -4.95. The summed E-state index contributed by atoms with van der Waals surface area (Å²) in [7, 11) is 0. The Morgan fingerprint density at radius 2 is 1.19 bits per heavy atom. The number of rotatable bonds is 2. The second-order valence-corrected chi connectivity index (χ2v) is 5.41. The first-order chi connectivity index (χ1) is 12.5. The van der Waals surface area contributed by atoms with Crippen LogP contribution in [0.2, 0.25) is 0 Å². The number of benzene rings is 2. The number of halogens is 8. The van der Waals surface area contributed by atoms with E-state index < -0.39 is 35.1 Å². The molecule has 0 atom stereocenters. The summed E-state index contributed by atoms with van der Waals surface area (Å²) in [4.78, 5) is 3.70. The first kappa shape index (κ1) is 18.9. The molecule has 1 aromatic heterocycles. The zero-order chi connectivity index (χ0) is 20.0. The first-order valence-corrected chi connectivity index (χ1v) is 7.17. The lowest BCUT2D eigenvalue weighted by Crippen LogP contribution is -2.08. The Hall–Kier alpha value is -2.91. The van der Waals surface area contributed by atoms with E-state index in [1.807, 2.05) is 0 Å². The van der Waals surface area contributed by atoms with E-state index in [4.69, 9.17) is 4.42 Å². The summed E-state index contributed by atoms with van der Waals surface area (Å²) in [6, 6.07) is 4.09. The van der Waals surface area contributed by atoms with Gasteiger partial charge in [-0.25, -0.2) is 13.8 Å². The highest BCUT2D eigenvalue weighted by molar-refractivity contribution is 5.62. The SMILES string of the molecule is Fc1ccc(-c2cnc(-c3ccc(F)c(C(F)(F)F)c3)o2)cc1C(F)(F)F. The largest absolute Gasteiger partial charge is 0.436 e. The summed E-state index contributed by atoms with van der Waals surface area (Å²) in [6.07, 6.45) is -8.92. The lowest BCUT2D eigenvalue weighted by Gasteiger charge is -2.09. The number of oxazole rings is 1. The van der Waals surface area contributed by atoms with Crippen LogP contribution in [0.4, 0.5) is 35.1 Å². The third-order valence-electron chi connectivity index (χ3n) is 3.58. The van der Waals surface area contributed by atoms with Gasteiger partial charge in [-0.05, 0) is 36.4 Å². The molecule has 0 radical (unpaired) electrons. The molecule has 0 amide bonds. The minimum absolute atomic E-state index is 0.180. The molecule has 0 aliphatic carbocycles. The fraction of sp³-hybridized carbons (Fsp3) is 0.118. The fourth-order valence-electron chi connectivity index (χ4n) is 2.31. The molecule has 142 valence electrons. The maximum absolute atomic E-state index is 13.3. The van der Waals surface area contributed by atoms with E-state index in [2.05, 4.69) is 4.98 Å². The van der Waals surface area contributed by atoms with Crippen molar-refractivity contribution >= 4 is 0 Å². The molecule has 0 saturated heterocycles. The van der Waals surface area contributed by atoms with Gasteiger partial charge in [0.1, 0.15) is 11.6 Å². The molecule has 3 rings (SSSR count). The molecule has 0 N–H and O–H groups in total. The summed E-state index contributed by atoms with van der Waals surface area (Å²) >= 11 is 0. The van der Waals surface area contributed by atoms with Gasteiger partial charge in [-0.1, -0.05) is 0 Å². The summed E-state index contributed by atoms with van der Waals surface area (Å²) in [5.74, 6) is -3.58. The van der Waals surface area contributed by atoms with Crippen molar-refractivity contribution in [1.29, 1.82) is 0 Å². The zero-order valence-corrected chi connectivity index (χ0v) is 12.9. The molecule has 0 aliphatic rings. The predicted octanol–water partition coefficient (Wildman–Crippen LogP) is 6.32. The number of alkyl halides is 6. The molecule has 2 aromatic carbocycles. The van der Waals surface area contributed by atoms with Crippen LogP contribution in [0.3, 0.4) is 0 Å². The molecule has 2 nitrogen and oxygen atoms in total. The van der Waals surface area contributed by atoms with Crippen molar-refractivity contribution in [3.05, 3.63) is 65.4 Å². The van der Waals surface area contributed by atoms with Gasteiger partial charge in [0.15, 0.2) is 5.76 Å². The van der Waals surface area contributed by atoms with Crippen LogP contribution in [0, 0.1) is 11.6 Å². The van der Waals surface area contributed by atoms with Gasteiger partial charge in [-0.3, -0.25) is 0 Å². The number of aromatic nitrogens is 1. The van der Waals surface area contributed by atoms with E-state index in [1.54, 1.807) is 0 Å². The molecule has 10 heteroatoms. The van der Waals surface area contributed by atoms with E-state index >= 15 is 0 Å². The monoisotopic (exact) mass is 393 g/mol. The summed E-state index contributed by atoms with van der Waals surface area (Å²) in [5.41, 5.74) is -3.48. The highest BCUT2D eigenvalue weighted by atomic mass is 19.4. The summed E-state index contributed by atoms with van der Waals surface area (Å²) in [6.45, 7) is 0. The quantitative estimate of drug-likeness (QED) is 0.476. The van der Waals surface area contributed by atoms with Gasteiger partial charge < -0.3 is 4.42 Å². The average Bonchev–Trinajstić information content (AvgIpc) is 3.03. The van der Waals surface area contributed by atoms with Crippen molar-refractivity contribution in [3.8, 4) is 22.8 Å². The van der Waals surface area contributed by atoms with Crippen molar-refractivity contribution in [2.24, 2.45) is 0 Å². The molecule has 1 heterocycles. The van der Waals surface area contributed by atoms with E-state index in [0.717, 1.165) is 18.3 Å². The molecule has 0 saturated carbocycles. The van der Waals surface area contributed by atoms with Crippen molar-refractivity contribution < 1.29 is 39.5 Å². The van der Waals surface area contributed by atoms with Crippen molar-refractivity contribution in [3.63, 3.8) is 0 Å². The van der Waals surface area contributed by atoms with E-state index in [-0.39, 0.29) is 22.8 Å². The second-order valence-electron chi connectivity index (χ2n) is 5.41. The molecule has 3 aromatic rings. The van der Waals surface area contributed by atoms with Gasteiger partial charge in [0.2, 0.25) is 5.89 Å². The van der Waals surface area contributed by atoms with Crippen LogP contribution >= 0.6 is 0 Å². The van der Waals surface area contributed by atoms with Gasteiger partial charge >= 0.3 is 12.4 Å². The van der Waals surface area contributed by atoms with Gasteiger partial charge in [0.25, 0.3) is 0 Å². The topological polar surface area (TPSA) is 26.0 Å². The van der Waals surface area contributed by atoms with Crippen LogP contribution in [0.15, 0.2) is 47.0 Å². The van der Waals surface area contributed by atoms with E-state index in [1.165, 1.54) is 0 Å². The maximum atomic E-state index is 13.3. The second kappa shape index (κ2) is 6.36. The van der Waals surface area contributed by atoms with Crippen molar-refractivity contribution in [2.75, 3.05) is 0 Å². The Kier molecular flexibility index (Phi) is 4.44. The third-order valence-corrected chi connectivity index (χ3v) is 3.58. The first-order valence-electron chi connectivity index (χ1n) is 7.17. The van der Waals surface area contributed by atoms with E-state index in [0.29, 0.717) is 24.3 Å².